The topological polar surface area (TPSA) is 79.8 Å². The van der Waals surface area contributed by atoms with Crippen LogP contribution in [0.5, 0.6) is 0 Å². The summed E-state index contributed by atoms with van der Waals surface area (Å²) in [6.45, 7) is 8.07. The van der Waals surface area contributed by atoms with E-state index in [1.165, 1.54) is 5.56 Å². The Balaban J connectivity index is 1.71. The standard InChI is InChI=1S/C15H18N6OS/c1-8-7-23-15-12(8)14(17-9(2)18-15)21-4-5-22-11(6-21)13-16-10(3)19-20-13/h7,11H,4-6H2,1-3H3,(H,16,19,20). The van der Waals surface area contributed by atoms with Gasteiger partial charge in [0.25, 0.3) is 0 Å². The molecule has 0 radical (unpaired) electrons. The molecule has 1 unspecified atom stereocenters. The predicted molar refractivity (Wildman–Crippen MR) is 88.9 cm³/mol. The summed E-state index contributed by atoms with van der Waals surface area (Å²) < 4.78 is 5.86. The number of ether oxygens (including phenoxy) is 1. The van der Waals surface area contributed by atoms with E-state index in [4.69, 9.17) is 9.72 Å². The van der Waals surface area contributed by atoms with Crippen LogP contribution in [0.1, 0.15) is 29.1 Å². The number of fused-ring (bicyclic) bond motifs is 1. The molecule has 1 fully saturated rings. The zero-order valence-electron chi connectivity index (χ0n) is 13.3. The van der Waals surface area contributed by atoms with Crippen molar-refractivity contribution in [3.8, 4) is 0 Å². The van der Waals surface area contributed by atoms with Gasteiger partial charge in [-0.1, -0.05) is 0 Å². The summed E-state index contributed by atoms with van der Waals surface area (Å²) in [6.07, 6.45) is -0.141. The molecule has 7 nitrogen and oxygen atoms in total. The van der Waals surface area contributed by atoms with Gasteiger partial charge in [0, 0.05) is 6.54 Å². The lowest BCUT2D eigenvalue weighted by Crippen LogP contribution is -2.39. The van der Waals surface area contributed by atoms with Gasteiger partial charge in [-0.05, 0) is 31.7 Å². The fourth-order valence-corrected chi connectivity index (χ4v) is 3.86. The van der Waals surface area contributed by atoms with Crippen LogP contribution in [0.2, 0.25) is 0 Å². The second-order valence-corrected chi connectivity index (χ2v) is 6.64. The molecule has 1 saturated heterocycles. The lowest BCUT2D eigenvalue weighted by molar-refractivity contribution is 0.0340. The van der Waals surface area contributed by atoms with Crippen LogP contribution < -0.4 is 4.90 Å². The minimum atomic E-state index is -0.141. The van der Waals surface area contributed by atoms with Crippen molar-refractivity contribution in [1.82, 2.24) is 25.1 Å². The maximum Gasteiger partial charge on any atom is 0.181 e. The van der Waals surface area contributed by atoms with E-state index in [0.29, 0.717) is 19.0 Å². The first-order valence-corrected chi connectivity index (χ1v) is 8.47. The van der Waals surface area contributed by atoms with Crippen LogP contribution in [0.15, 0.2) is 5.38 Å². The van der Waals surface area contributed by atoms with Crippen LogP contribution in [0.3, 0.4) is 0 Å². The number of hydrogen-bond donors (Lipinski definition) is 1. The fourth-order valence-electron chi connectivity index (χ4n) is 2.90. The fraction of sp³-hybridized carbons (Fsp3) is 0.467. The van der Waals surface area contributed by atoms with Crippen molar-refractivity contribution in [2.45, 2.75) is 26.9 Å². The molecule has 0 aromatic carbocycles. The number of aromatic amines is 1. The van der Waals surface area contributed by atoms with Gasteiger partial charge >= 0.3 is 0 Å². The molecule has 1 aliphatic rings. The van der Waals surface area contributed by atoms with Gasteiger partial charge < -0.3 is 9.64 Å². The van der Waals surface area contributed by atoms with Crippen LogP contribution in [-0.4, -0.2) is 44.8 Å². The summed E-state index contributed by atoms with van der Waals surface area (Å²) in [5, 5.41) is 10.4. The number of nitrogens with zero attached hydrogens (tertiary/aromatic N) is 5. The zero-order chi connectivity index (χ0) is 16.0. The van der Waals surface area contributed by atoms with Crippen LogP contribution in [-0.2, 0) is 4.74 Å². The summed E-state index contributed by atoms with van der Waals surface area (Å²) in [4.78, 5) is 17.0. The van der Waals surface area contributed by atoms with E-state index in [1.807, 2.05) is 13.8 Å². The average Bonchev–Trinajstić information content (AvgIpc) is 3.13. The molecule has 23 heavy (non-hydrogen) atoms. The van der Waals surface area contributed by atoms with E-state index in [0.717, 1.165) is 34.2 Å². The smallest absolute Gasteiger partial charge is 0.181 e. The number of morpholine rings is 1. The molecule has 1 atom stereocenters. The van der Waals surface area contributed by atoms with E-state index in [2.05, 4.69) is 37.4 Å². The molecule has 0 amide bonds. The van der Waals surface area contributed by atoms with Crippen molar-refractivity contribution in [3.63, 3.8) is 0 Å². The number of thiophene rings is 1. The lowest BCUT2D eigenvalue weighted by Gasteiger charge is -2.33. The largest absolute Gasteiger partial charge is 0.366 e. The molecule has 4 heterocycles. The minimum absolute atomic E-state index is 0.141. The first-order valence-electron chi connectivity index (χ1n) is 7.59. The number of H-pyrrole nitrogens is 1. The van der Waals surface area contributed by atoms with Crippen LogP contribution in [0, 0.1) is 20.8 Å². The molecular formula is C15H18N6OS. The third-order valence-electron chi connectivity index (χ3n) is 3.98. The molecule has 1 aliphatic heterocycles. The van der Waals surface area contributed by atoms with Gasteiger partial charge in [-0.15, -0.1) is 11.3 Å². The first kappa shape index (κ1) is 14.5. The first-order chi connectivity index (χ1) is 11.1. The van der Waals surface area contributed by atoms with E-state index < -0.39 is 0 Å². The van der Waals surface area contributed by atoms with E-state index in [9.17, 15) is 0 Å². The third-order valence-corrected chi connectivity index (χ3v) is 4.97. The number of nitrogens with one attached hydrogen (secondary N) is 1. The van der Waals surface area contributed by atoms with E-state index >= 15 is 0 Å². The summed E-state index contributed by atoms with van der Waals surface area (Å²) in [5.74, 6) is 3.30. The Morgan fingerprint density at radius 3 is 2.91 bits per heavy atom. The van der Waals surface area contributed by atoms with Gasteiger partial charge in [-0.3, -0.25) is 5.10 Å². The van der Waals surface area contributed by atoms with Crippen molar-refractivity contribution >= 4 is 27.4 Å². The monoisotopic (exact) mass is 330 g/mol. The van der Waals surface area contributed by atoms with Crippen molar-refractivity contribution in [2.24, 2.45) is 0 Å². The minimum Gasteiger partial charge on any atom is -0.366 e. The Morgan fingerprint density at radius 2 is 2.13 bits per heavy atom. The van der Waals surface area contributed by atoms with Crippen LogP contribution in [0.4, 0.5) is 5.82 Å². The van der Waals surface area contributed by atoms with Gasteiger partial charge in [0.05, 0.1) is 18.5 Å². The molecule has 120 valence electrons. The maximum atomic E-state index is 5.86. The summed E-state index contributed by atoms with van der Waals surface area (Å²) in [6, 6.07) is 0. The SMILES string of the molecule is Cc1nc(N2CCOC(c3n[nH]c(C)n3)C2)c2c(C)csc2n1. The van der Waals surface area contributed by atoms with Gasteiger partial charge in [-0.2, -0.15) is 5.10 Å². The zero-order valence-corrected chi connectivity index (χ0v) is 14.1. The quantitative estimate of drug-likeness (QED) is 0.777. The Kier molecular flexibility index (Phi) is 3.50. The third kappa shape index (κ3) is 2.57. The van der Waals surface area contributed by atoms with Crippen molar-refractivity contribution in [1.29, 1.82) is 0 Å². The Bertz CT molecular complexity index is 857. The molecule has 8 heteroatoms. The molecule has 0 bridgehead atoms. The average molecular weight is 330 g/mol. The second-order valence-electron chi connectivity index (χ2n) is 5.78. The van der Waals surface area contributed by atoms with E-state index in [-0.39, 0.29) is 6.10 Å². The van der Waals surface area contributed by atoms with Crippen molar-refractivity contribution in [3.05, 3.63) is 28.4 Å². The summed E-state index contributed by atoms with van der Waals surface area (Å²) in [5.41, 5.74) is 1.22. The number of anilines is 1. The van der Waals surface area contributed by atoms with E-state index in [1.54, 1.807) is 11.3 Å². The number of aromatic nitrogens is 5. The highest BCUT2D eigenvalue weighted by molar-refractivity contribution is 7.17. The van der Waals surface area contributed by atoms with Gasteiger partial charge in [-0.25, -0.2) is 15.0 Å². The molecule has 0 saturated carbocycles. The normalized spacial score (nSPS) is 18.7. The highest BCUT2D eigenvalue weighted by Crippen LogP contribution is 2.33. The number of hydrogen-bond acceptors (Lipinski definition) is 7. The highest BCUT2D eigenvalue weighted by atomic mass is 32.1. The molecule has 1 N–H and O–H groups in total. The van der Waals surface area contributed by atoms with Crippen LogP contribution in [0.25, 0.3) is 10.2 Å². The van der Waals surface area contributed by atoms with Gasteiger partial charge in [0.2, 0.25) is 0 Å². The van der Waals surface area contributed by atoms with Gasteiger partial charge in [0.15, 0.2) is 5.82 Å². The Labute approximate surface area is 137 Å². The number of rotatable bonds is 2. The molecule has 3 aromatic heterocycles. The molecule has 0 aliphatic carbocycles. The Hall–Kier alpha value is -2.06. The predicted octanol–water partition coefficient (Wildman–Crippen LogP) is 2.31. The highest BCUT2D eigenvalue weighted by Gasteiger charge is 2.27. The lowest BCUT2D eigenvalue weighted by atomic mass is 10.2. The van der Waals surface area contributed by atoms with Gasteiger partial charge in [0.1, 0.15) is 28.4 Å². The molecule has 3 aromatic rings. The number of aryl methyl sites for hydroxylation is 3. The van der Waals surface area contributed by atoms with Crippen molar-refractivity contribution in [2.75, 3.05) is 24.6 Å². The molecule has 0 spiro atoms. The summed E-state index contributed by atoms with van der Waals surface area (Å²) >= 11 is 1.67. The molecular weight excluding hydrogens is 312 g/mol. The molecule has 4 rings (SSSR count). The second kappa shape index (κ2) is 5.54. The van der Waals surface area contributed by atoms with Crippen molar-refractivity contribution < 1.29 is 4.74 Å². The van der Waals surface area contributed by atoms with Crippen LogP contribution >= 0.6 is 11.3 Å². The Morgan fingerprint density at radius 1 is 1.26 bits per heavy atom. The summed E-state index contributed by atoms with van der Waals surface area (Å²) in [7, 11) is 0. The maximum absolute atomic E-state index is 5.86.